The fourth-order valence-electron chi connectivity index (χ4n) is 2.69. The lowest BCUT2D eigenvalue weighted by Gasteiger charge is -2.14. The highest BCUT2D eigenvalue weighted by atomic mass is 32.2. The third-order valence-electron chi connectivity index (χ3n) is 4.03. The lowest BCUT2D eigenvalue weighted by atomic mass is 10.1. The van der Waals surface area contributed by atoms with Gasteiger partial charge in [-0.2, -0.15) is 11.8 Å². The first-order valence-electron chi connectivity index (χ1n) is 8.29. The zero-order valence-electron chi connectivity index (χ0n) is 14.8. The molecule has 7 heteroatoms. The van der Waals surface area contributed by atoms with Crippen LogP contribution in [0.3, 0.4) is 0 Å². The largest absolute Gasteiger partial charge is 0.454 e. The molecule has 1 aliphatic rings. The average Bonchev–Trinajstić information content (AvgIpc) is 3.11. The highest BCUT2D eigenvalue weighted by Gasteiger charge is 2.13. The lowest BCUT2D eigenvalue weighted by molar-refractivity contribution is 0.174. The molecule has 26 heavy (non-hydrogen) atoms. The van der Waals surface area contributed by atoms with Crippen LogP contribution in [0.5, 0.6) is 11.5 Å². The van der Waals surface area contributed by atoms with Crippen LogP contribution in [-0.2, 0) is 18.8 Å². The van der Waals surface area contributed by atoms with Gasteiger partial charge in [0.15, 0.2) is 17.5 Å². The van der Waals surface area contributed by atoms with Crippen molar-refractivity contribution in [3.05, 3.63) is 58.9 Å². The van der Waals surface area contributed by atoms with Gasteiger partial charge in [0.2, 0.25) is 6.79 Å². The molecule has 0 aliphatic carbocycles. The number of thioether (sulfide) groups is 1. The van der Waals surface area contributed by atoms with E-state index in [2.05, 4.69) is 15.6 Å². The second kappa shape index (κ2) is 8.80. The summed E-state index contributed by atoms with van der Waals surface area (Å²) in [5, 5.41) is 6.55. The minimum Gasteiger partial charge on any atom is -0.454 e. The Morgan fingerprint density at radius 1 is 1.08 bits per heavy atom. The van der Waals surface area contributed by atoms with Gasteiger partial charge in [0, 0.05) is 25.9 Å². The number of ether oxygens (including phenoxy) is 2. The maximum absolute atomic E-state index is 13.5. The molecule has 3 rings (SSSR count). The molecule has 138 valence electrons. The summed E-state index contributed by atoms with van der Waals surface area (Å²) in [6.07, 6.45) is 2.01. The van der Waals surface area contributed by atoms with Crippen molar-refractivity contribution in [3.63, 3.8) is 0 Å². The Morgan fingerprint density at radius 3 is 2.69 bits per heavy atom. The molecule has 0 aromatic heterocycles. The highest BCUT2D eigenvalue weighted by molar-refractivity contribution is 7.97. The first-order chi connectivity index (χ1) is 12.7. The molecule has 2 aromatic rings. The number of hydrogen-bond donors (Lipinski definition) is 2. The van der Waals surface area contributed by atoms with E-state index in [1.807, 2.05) is 30.5 Å². The van der Waals surface area contributed by atoms with E-state index in [0.29, 0.717) is 19.0 Å². The van der Waals surface area contributed by atoms with Gasteiger partial charge in [-0.25, -0.2) is 4.39 Å². The van der Waals surface area contributed by atoms with Crippen LogP contribution in [0.1, 0.15) is 16.7 Å². The summed E-state index contributed by atoms with van der Waals surface area (Å²) in [7, 11) is 1.72. The van der Waals surface area contributed by atoms with Crippen molar-refractivity contribution in [1.82, 2.24) is 10.6 Å². The first kappa shape index (κ1) is 18.4. The van der Waals surface area contributed by atoms with E-state index in [0.717, 1.165) is 33.9 Å². The molecule has 0 unspecified atom stereocenters. The van der Waals surface area contributed by atoms with Crippen molar-refractivity contribution in [2.24, 2.45) is 4.99 Å². The lowest BCUT2D eigenvalue weighted by Crippen LogP contribution is -2.36. The summed E-state index contributed by atoms with van der Waals surface area (Å²) in [6.45, 7) is 1.46. The minimum atomic E-state index is -0.205. The number of nitrogens with zero attached hydrogens (tertiary/aromatic N) is 1. The van der Waals surface area contributed by atoms with Crippen molar-refractivity contribution in [3.8, 4) is 11.5 Å². The normalized spacial score (nSPS) is 13.0. The van der Waals surface area contributed by atoms with Crippen LogP contribution in [0.15, 0.2) is 41.4 Å². The van der Waals surface area contributed by atoms with Crippen molar-refractivity contribution >= 4 is 17.7 Å². The summed E-state index contributed by atoms with van der Waals surface area (Å²) in [4.78, 5) is 4.24. The summed E-state index contributed by atoms with van der Waals surface area (Å²) >= 11 is 1.67. The van der Waals surface area contributed by atoms with Gasteiger partial charge in [0.1, 0.15) is 5.82 Å². The molecule has 0 saturated heterocycles. The Balaban J connectivity index is 1.57. The molecule has 1 heterocycles. The molecule has 2 aromatic carbocycles. The molecule has 0 atom stereocenters. The van der Waals surface area contributed by atoms with Crippen LogP contribution in [-0.4, -0.2) is 26.1 Å². The predicted molar refractivity (Wildman–Crippen MR) is 103 cm³/mol. The van der Waals surface area contributed by atoms with Gasteiger partial charge in [-0.3, -0.25) is 4.99 Å². The molecule has 2 N–H and O–H groups in total. The number of hydrogen-bond acceptors (Lipinski definition) is 4. The number of nitrogens with one attached hydrogen (secondary N) is 2. The first-order valence-corrected chi connectivity index (χ1v) is 9.68. The molecule has 0 spiro atoms. The maximum Gasteiger partial charge on any atom is 0.231 e. The highest BCUT2D eigenvalue weighted by Crippen LogP contribution is 2.32. The summed E-state index contributed by atoms with van der Waals surface area (Å²) < 4.78 is 24.2. The number of aliphatic imine (C=N–C) groups is 1. The topological polar surface area (TPSA) is 54.9 Å². The molecule has 1 aliphatic heterocycles. The molecule has 0 bridgehead atoms. The van der Waals surface area contributed by atoms with Crippen LogP contribution in [0.4, 0.5) is 4.39 Å². The number of benzene rings is 2. The molecule has 0 radical (unpaired) electrons. The Morgan fingerprint density at radius 2 is 1.88 bits per heavy atom. The van der Waals surface area contributed by atoms with Gasteiger partial charge in [-0.15, -0.1) is 0 Å². The number of fused-ring (bicyclic) bond motifs is 1. The molecule has 0 fully saturated rings. The number of halogens is 1. The Bertz CT molecular complexity index is 798. The number of rotatable bonds is 6. The van der Waals surface area contributed by atoms with Gasteiger partial charge < -0.3 is 20.1 Å². The third-order valence-corrected chi connectivity index (χ3v) is 4.63. The predicted octanol–water partition coefficient (Wildman–Crippen LogP) is 3.28. The zero-order valence-corrected chi connectivity index (χ0v) is 15.7. The zero-order chi connectivity index (χ0) is 18.4. The molecule has 0 saturated carbocycles. The van der Waals surface area contributed by atoms with E-state index in [4.69, 9.17) is 9.47 Å². The smallest absolute Gasteiger partial charge is 0.231 e. The second-order valence-electron chi connectivity index (χ2n) is 5.81. The Labute approximate surface area is 157 Å². The molecular weight excluding hydrogens is 353 g/mol. The van der Waals surface area contributed by atoms with Crippen LogP contribution in [0, 0.1) is 5.82 Å². The van der Waals surface area contributed by atoms with Crippen LogP contribution < -0.4 is 20.1 Å². The molecular formula is C19H22FN3O2S. The van der Waals surface area contributed by atoms with Crippen molar-refractivity contribution < 1.29 is 13.9 Å². The summed E-state index contributed by atoms with van der Waals surface area (Å²) in [6, 6.07) is 10.8. The SMILES string of the molecule is CN=C(NCc1ccc2c(c1)OCO2)NCc1ccc(F)cc1CSC. The molecule has 0 amide bonds. The van der Waals surface area contributed by atoms with Crippen LogP contribution in [0.25, 0.3) is 0 Å². The van der Waals surface area contributed by atoms with E-state index in [-0.39, 0.29) is 12.6 Å². The van der Waals surface area contributed by atoms with Crippen molar-refractivity contribution in [2.45, 2.75) is 18.8 Å². The fraction of sp³-hybridized carbons (Fsp3) is 0.316. The Hall–Kier alpha value is -2.41. The van der Waals surface area contributed by atoms with Gasteiger partial charge in [-0.05, 0) is 47.2 Å². The fourth-order valence-corrected chi connectivity index (χ4v) is 3.27. The van der Waals surface area contributed by atoms with Gasteiger partial charge in [0.25, 0.3) is 0 Å². The number of guanidine groups is 1. The van der Waals surface area contributed by atoms with E-state index in [9.17, 15) is 4.39 Å². The van der Waals surface area contributed by atoms with Crippen LogP contribution >= 0.6 is 11.8 Å². The van der Waals surface area contributed by atoms with E-state index in [1.54, 1.807) is 24.9 Å². The van der Waals surface area contributed by atoms with Crippen molar-refractivity contribution in [2.75, 3.05) is 20.1 Å². The second-order valence-corrected chi connectivity index (χ2v) is 6.68. The van der Waals surface area contributed by atoms with Crippen LogP contribution in [0.2, 0.25) is 0 Å². The third kappa shape index (κ3) is 4.60. The Kier molecular flexibility index (Phi) is 6.22. The van der Waals surface area contributed by atoms with E-state index >= 15 is 0 Å². The summed E-state index contributed by atoms with van der Waals surface area (Å²) in [5.41, 5.74) is 3.13. The minimum absolute atomic E-state index is 0.205. The van der Waals surface area contributed by atoms with Gasteiger partial charge in [-0.1, -0.05) is 12.1 Å². The molecule has 5 nitrogen and oxygen atoms in total. The standard InChI is InChI=1S/C19H22FN3O2S/c1-21-19(22-9-13-3-6-17-18(7-13)25-12-24-17)23-10-14-4-5-16(20)8-15(14)11-26-2/h3-8H,9-12H2,1-2H3,(H2,21,22,23). The quantitative estimate of drug-likeness (QED) is 0.599. The van der Waals surface area contributed by atoms with Crippen molar-refractivity contribution in [1.29, 1.82) is 0 Å². The van der Waals surface area contributed by atoms with Gasteiger partial charge >= 0.3 is 0 Å². The van der Waals surface area contributed by atoms with E-state index < -0.39 is 0 Å². The van der Waals surface area contributed by atoms with E-state index in [1.165, 1.54) is 6.07 Å². The monoisotopic (exact) mass is 375 g/mol. The summed E-state index contributed by atoms with van der Waals surface area (Å²) in [5.74, 6) is 2.79. The average molecular weight is 375 g/mol. The maximum atomic E-state index is 13.5. The van der Waals surface area contributed by atoms with Gasteiger partial charge in [0.05, 0.1) is 0 Å².